The molecule has 0 saturated carbocycles. The first kappa shape index (κ1) is 43.9. The largest absolute Gasteiger partial charge is 0.491 e. The molecule has 15 heteroatoms. The summed E-state index contributed by atoms with van der Waals surface area (Å²) < 4.78 is 32.7. The zero-order chi connectivity index (χ0) is 48.5. The van der Waals surface area contributed by atoms with Crippen LogP contribution in [0.5, 0.6) is 5.75 Å². The number of aromatic nitrogens is 9. The Bertz CT molecular complexity index is 3710. The van der Waals surface area contributed by atoms with Crippen LogP contribution in [0, 0.1) is 0 Å². The molecule has 8 bridgehead atoms. The lowest BCUT2D eigenvalue weighted by atomic mass is 10.0. The maximum Gasteiger partial charge on any atom is 0.330 e. The van der Waals surface area contributed by atoms with Gasteiger partial charge in [-0.1, -0.05) is 12.1 Å². The van der Waals surface area contributed by atoms with Crippen molar-refractivity contribution in [1.29, 1.82) is 0 Å². The van der Waals surface area contributed by atoms with Crippen LogP contribution in [0.15, 0.2) is 144 Å². The molecule has 4 atom stereocenters. The summed E-state index contributed by atoms with van der Waals surface area (Å²) in [5.74, 6) is -0.307. The molecule has 2 fully saturated rings. The van der Waals surface area contributed by atoms with E-state index in [4.69, 9.17) is 28.9 Å². The highest BCUT2D eigenvalue weighted by Gasteiger charge is 2.56. The fraction of sp³-hybridized carbons (Fsp3) is 0.196. The molecule has 1 aromatic carbocycles. The van der Waals surface area contributed by atoms with Crippen molar-refractivity contribution in [3.63, 3.8) is 0 Å². The summed E-state index contributed by atoms with van der Waals surface area (Å²) in [4.78, 5) is 45.6. The number of hydrogen-bond donors (Lipinski definition) is 3. The van der Waals surface area contributed by atoms with Crippen molar-refractivity contribution in [1.82, 2.24) is 29.5 Å². The lowest BCUT2D eigenvalue weighted by Gasteiger charge is -2.24. The molecule has 0 radical (unpaired) electrons. The summed E-state index contributed by atoms with van der Waals surface area (Å²) in [6, 6.07) is 30.4. The molecule has 3 N–H and O–H groups in total. The average molecular weight is 945 g/mol. The minimum Gasteiger partial charge on any atom is -0.491 e. The summed E-state index contributed by atoms with van der Waals surface area (Å²) in [6.07, 6.45) is 19.6. The summed E-state index contributed by atoms with van der Waals surface area (Å²) >= 11 is 0. The molecule has 4 aliphatic heterocycles. The lowest BCUT2D eigenvalue weighted by Crippen LogP contribution is -2.37. The number of H-pyrrole nitrogens is 3. The number of ether oxygens (including phenoxy) is 4. The number of rotatable bonds is 8. The van der Waals surface area contributed by atoms with Crippen LogP contribution in [0.3, 0.4) is 0 Å². The van der Waals surface area contributed by atoms with Crippen molar-refractivity contribution >= 4 is 46.4 Å². The normalized spacial score (nSPS) is 18.8. The van der Waals surface area contributed by atoms with Gasteiger partial charge in [0.2, 0.25) is 0 Å². The summed E-state index contributed by atoms with van der Waals surface area (Å²) in [7, 11) is 6.04. The van der Waals surface area contributed by atoms with Gasteiger partial charge in [0.1, 0.15) is 51.8 Å². The Balaban J connectivity index is 1.01. The second-order valence-electron chi connectivity index (χ2n) is 18.7. The average Bonchev–Trinajstić information content (AvgIpc) is 4.24. The van der Waals surface area contributed by atoms with Gasteiger partial charge in [-0.2, -0.15) is 0 Å². The van der Waals surface area contributed by atoms with E-state index in [9.17, 15) is 9.59 Å². The van der Waals surface area contributed by atoms with Gasteiger partial charge in [-0.15, -0.1) is 0 Å². The molecule has 2 saturated heterocycles. The van der Waals surface area contributed by atoms with Crippen LogP contribution in [0.1, 0.15) is 42.9 Å². The third kappa shape index (κ3) is 8.18. The maximum atomic E-state index is 12.8. The van der Waals surface area contributed by atoms with Gasteiger partial charge in [0.05, 0.1) is 22.8 Å². The highest BCUT2D eigenvalue weighted by molar-refractivity contribution is 5.99. The Morgan fingerprint density at radius 2 is 0.958 bits per heavy atom. The zero-order valence-corrected chi connectivity index (χ0v) is 39.7. The van der Waals surface area contributed by atoms with E-state index in [1.807, 2.05) is 97.7 Å². The van der Waals surface area contributed by atoms with E-state index in [0.717, 1.165) is 89.4 Å². The fourth-order valence-corrected chi connectivity index (χ4v) is 9.96. The van der Waals surface area contributed by atoms with E-state index < -0.39 is 41.6 Å². The third-order valence-corrected chi connectivity index (χ3v) is 13.4. The van der Waals surface area contributed by atoms with Crippen molar-refractivity contribution in [2.75, 3.05) is 6.61 Å². The predicted molar refractivity (Wildman–Crippen MR) is 269 cm³/mol. The van der Waals surface area contributed by atoms with Crippen molar-refractivity contribution in [3.05, 3.63) is 178 Å². The first-order valence-electron chi connectivity index (χ1n) is 23.5. The standard InChI is InChI=1S/C56H48N9O6/c1-56(2)70-52-46(69-54(53(52)71-56)65-31-24-47(66)61-55(65)67)32-68-37-8-6-33(7-9-37)48-38-10-12-40(57-38)49(34-18-25-62(3)26-19-34)42-14-16-44(59-42)51(36-22-29-64(5)30-23-36)45-17-15-43(60-45)50(41-13-11-39(48)58-41)35-20-27-63(4)28-21-35/h6-31,46,52-54H,32H2,1-5H3,(H-,57,58,59,60,61,66,67)/q+1/p+2/t46-,52-,53-,54-/m1/s1. The number of nitrogens with zero attached hydrogens (tertiary/aromatic N) is 6. The van der Waals surface area contributed by atoms with Crippen LogP contribution in [0.25, 0.3) is 90.9 Å². The molecule has 11 heterocycles. The minimum absolute atomic E-state index is 0.117. The van der Waals surface area contributed by atoms with Crippen LogP contribution in [0.4, 0.5) is 0 Å². The number of nitrogens with one attached hydrogen (secondary N) is 3. The quantitative estimate of drug-likeness (QED) is 0.136. The molecule has 7 aromatic heterocycles. The molecule has 0 unspecified atom stereocenters. The SMILES string of the molecule is C[n+]1ccc(-c2c3nc(c(-c4cc[n+](C)cc4)c4ccc([nH]4)c(-c4cc[n+](C)cc4)c4nc(c(-c5ccc(OC[C@H]6O[C@@H](n7ccc(=O)[nH]c7=O)[C@@H]7OC(C)(C)O[C@@H]76)cc5)c5ccc2[nH]5)C=C4)C=C3)cc1. The molecule has 0 aliphatic carbocycles. The molecular weight excluding hydrogens is 895 g/mol. The van der Waals surface area contributed by atoms with Gasteiger partial charge in [0.15, 0.2) is 49.2 Å². The van der Waals surface area contributed by atoms with Crippen LogP contribution < -0.4 is 29.7 Å². The van der Waals surface area contributed by atoms with Crippen LogP contribution in [0.2, 0.25) is 0 Å². The van der Waals surface area contributed by atoms with Gasteiger partial charge in [-0.25, -0.2) is 28.5 Å². The second-order valence-corrected chi connectivity index (χ2v) is 18.7. The van der Waals surface area contributed by atoms with Crippen molar-refractivity contribution in [2.24, 2.45) is 21.1 Å². The minimum atomic E-state index is -0.914. The Labute approximate surface area is 407 Å². The van der Waals surface area contributed by atoms with Crippen LogP contribution in [-0.2, 0) is 35.4 Å². The molecule has 12 rings (SSSR count). The van der Waals surface area contributed by atoms with E-state index in [2.05, 4.69) is 112 Å². The Hall–Kier alpha value is -8.37. The number of fused-ring (bicyclic) bond motifs is 9. The Morgan fingerprint density at radius 3 is 1.38 bits per heavy atom. The number of aryl methyl sites for hydroxylation is 3. The summed E-state index contributed by atoms with van der Waals surface area (Å²) in [5.41, 5.74) is 13.5. The van der Waals surface area contributed by atoms with Crippen LogP contribution in [-0.4, -0.2) is 60.2 Å². The van der Waals surface area contributed by atoms with E-state index >= 15 is 0 Å². The molecule has 0 spiro atoms. The van der Waals surface area contributed by atoms with Gasteiger partial charge in [0, 0.05) is 93.0 Å². The smallest absolute Gasteiger partial charge is 0.330 e. The highest BCUT2D eigenvalue weighted by Crippen LogP contribution is 2.43. The summed E-state index contributed by atoms with van der Waals surface area (Å²) in [6.45, 7) is 3.76. The molecule has 71 heavy (non-hydrogen) atoms. The Morgan fingerprint density at radius 1 is 0.549 bits per heavy atom. The Kier molecular flexibility index (Phi) is 10.7. The van der Waals surface area contributed by atoms with Gasteiger partial charge < -0.3 is 28.9 Å². The fourth-order valence-electron chi connectivity index (χ4n) is 9.96. The van der Waals surface area contributed by atoms with Crippen molar-refractivity contribution < 1.29 is 32.6 Å². The third-order valence-electron chi connectivity index (χ3n) is 13.4. The topological polar surface area (TPSA) is 161 Å². The molecule has 15 nitrogen and oxygen atoms in total. The zero-order valence-electron chi connectivity index (χ0n) is 39.7. The van der Waals surface area contributed by atoms with Crippen molar-refractivity contribution in [3.8, 4) is 50.3 Å². The maximum absolute atomic E-state index is 12.8. The van der Waals surface area contributed by atoms with Gasteiger partial charge in [-0.3, -0.25) is 14.3 Å². The predicted octanol–water partition coefficient (Wildman–Crippen LogP) is 7.14. The number of aromatic amines is 3. The first-order valence-corrected chi connectivity index (χ1v) is 23.5. The number of hydrogen-bond acceptors (Lipinski definition) is 8. The monoisotopic (exact) mass is 944 g/mol. The van der Waals surface area contributed by atoms with Gasteiger partial charge >= 0.3 is 5.69 Å². The van der Waals surface area contributed by atoms with Crippen molar-refractivity contribution in [2.45, 2.75) is 44.2 Å². The van der Waals surface area contributed by atoms with E-state index in [1.165, 1.54) is 16.8 Å². The summed E-state index contributed by atoms with van der Waals surface area (Å²) in [5, 5.41) is 0. The molecule has 0 amide bonds. The van der Waals surface area contributed by atoms with Gasteiger partial charge in [-0.05, 0) is 96.8 Å². The van der Waals surface area contributed by atoms with E-state index in [-0.39, 0.29) is 6.61 Å². The van der Waals surface area contributed by atoms with E-state index in [1.54, 1.807) is 0 Å². The van der Waals surface area contributed by atoms with E-state index in [0.29, 0.717) is 5.75 Å². The van der Waals surface area contributed by atoms with Gasteiger partial charge in [0.25, 0.3) is 5.56 Å². The molecule has 4 aliphatic rings. The first-order chi connectivity index (χ1) is 34.4. The molecule has 352 valence electrons. The highest BCUT2D eigenvalue weighted by atomic mass is 16.8. The number of pyridine rings is 3. The lowest BCUT2D eigenvalue weighted by molar-refractivity contribution is -0.671. The molecular formula is C56H50N9O6+3. The second kappa shape index (κ2) is 17.2. The van der Waals surface area contributed by atoms with Crippen LogP contribution >= 0.6 is 0 Å². The number of benzene rings is 1. The molecule has 8 aromatic rings.